The monoisotopic (exact) mass is 399 g/mol. The van der Waals surface area contributed by atoms with Gasteiger partial charge in [0.05, 0.1) is 11.4 Å². The highest BCUT2D eigenvalue weighted by Gasteiger charge is 2.04. The van der Waals surface area contributed by atoms with Gasteiger partial charge < -0.3 is 4.74 Å². The summed E-state index contributed by atoms with van der Waals surface area (Å²) in [5.74, 6) is 0.839. The lowest BCUT2D eigenvalue weighted by molar-refractivity contribution is 0.306. The van der Waals surface area contributed by atoms with Crippen LogP contribution in [0.4, 0.5) is 5.13 Å². The number of nitrogens with zero attached hydrogens (tertiary/aromatic N) is 2. The van der Waals surface area contributed by atoms with E-state index < -0.39 is 0 Å². The Labute approximate surface area is 174 Å². The number of nitrogens with one attached hydrogen (secondary N) is 1. The molecule has 0 atom stereocenters. The number of hydrazone groups is 1. The summed E-state index contributed by atoms with van der Waals surface area (Å²) >= 11 is 1.54. The standard InChI is InChI=1S/C24H21N3OS/c1-18(26-27-24-25-23(17-29-24)21-10-6-3-7-11-21)20-12-14-22(15-13-20)28-16-19-8-4-2-5-9-19/h2-15,17H,16H2,1H3,(H,25,27). The number of aromatic nitrogens is 1. The fourth-order valence-electron chi connectivity index (χ4n) is 2.80. The van der Waals surface area contributed by atoms with E-state index in [1.807, 2.05) is 73.0 Å². The highest BCUT2D eigenvalue weighted by molar-refractivity contribution is 7.14. The van der Waals surface area contributed by atoms with Crippen LogP contribution in [0.15, 0.2) is 95.4 Å². The number of hydrogen-bond acceptors (Lipinski definition) is 5. The van der Waals surface area contributed by atoms with Crippen molar-refractivity contribution in [3.63, 3.8) is 0 Å². The molecule has 0 amide bonds. The average molecular weight is 400 g/mol. The maximum absolute atomic E-state index is 5.84. The molecule has 1 heterocycles. The second kappa shape index (κ2) is 9.17. The first kappa shape index (κ1) is 18.9. The van der Waals surface area contributed by atoms with Crippen molar-refractivity contribution < 1.29 is 4.74 Å². The van der Waals surface area contributed by atoms with Crippen molar-refractivity contribution >= 4 is 22.2 Å². The molecule has 0 saturated carbocycles. The summed E-state index contributed by atoms with van der Waals surface area (Å²) in [6.07, 6.45) is 0. The number of ether oxygens (including phenoxy) is 1. The predicted octanol–water partition coefficient (Wildman–Crippen LogP) is 6.23. The van der Waals surface area contributed by atoms with Gasteiger partial charge in [0.1, 0.15) is 12.4 Å². The molecule has 0 fully saturated rings. The second-order valence-corrected chi connectivity index (χ2v) is 7.37. The van der Waals surface area contributed by atoms with Crippen LogP contribution in [0.5, 0.6) is 5.75 Å². The van der Waals surface area contributed by atoms with E-state index in [4.69, 9.17) is 4.74 Å². The first-order valence-corrected chi connectivity index (χ1v) is 10.2. The normalized spacial score (nSPS) is 11.3. The van der Waals surface area contributed by atoms with Gasteiger partial charge in [-0.2, -0.15) is 5.10 Å². The first-order valence-electron chi connectivity index (χ1n) is 9.36. The highest BCUT2D eigenvalue weighted by Crippen LogP contribution is 2.24. The molecular weight excluding hydrogens is 378 g/mol. The SMILES string of the molecule is CC(=NNc1nc(-c2ccccc2)cs1)c1ccc(OCc2ccccc2)cc1. The summed E-state index contributed by atoms with van der Waals surface area (Å²) < 4.78 is 5.84. The highest BCUT2D eigenvalue weighted by atomic mass is 32.1. The molecule has 4 rings (SSSR count). The molecule has 1 N–H and O–H groups in total. The summed E-state index contributed by atoms with van der Waals surface area (Å²) in [5, 5.41) is 7.27. The van der Waals surface area contributed by atoms with Crippen molar-refractivity contribution in [3.8, 4) is 17.0 Å². The molecule has 4 nitrogen and oxygen atoms in total. The molecule has 3 aromatic carbocycles. The molecule has 0 unspecified atom stereocenters. The van der Waals surface area contributed by atoms with E-state index in [9.17, 15) is 0 Å². The van der Waals surface area contributed by atoms with Gasteiger partial charge in [-0.15, -0.1) is 11.3 Å². The Morgan fingerprint density at radius 1 is 0.931 bits per heavy atom. The van der Waals surface area contributed by atoms with Gasteiger partial charge in [-0.25, -0.2) is 4.98 Å². The zero-order valence-electron chi connectivity index (χ0n) is 16.1. The number of thiazole rings is 1. The van der Waals surface area contributed by atoms with E-state index in [2.05, 4.69) is 39.8 Å². The van der Waals surface area contributed by atoms with E-state index in [0.717, 1.165) is 39.0 Å². The van der Waals surface area contributed by atoms with Gasteiger partial charge in [0, 0.05) is 10.9 Å². The Morgan fingerprint density at radius 2 is 1.62 bits per heavy atom. The minimum absolute atomic E-state index is 0.558. The zero-order chi connectivity index (χ0) is 19.9. The van der Waals surface area contributed by atoms with Crippen LogP contribution in [0.25, 0.3) is 11.3 Å². The average Bonchev–Trinajstić information content (AvgIpc) is 3.27. The van der Waals surface area contributed by atoms with Crippen LogP contribution in [-0.4, -0.2) is 10.7 Å². The molecule has 1 aromatic heterocycles. The summed E-state index contributed by atoms with van der Waals surface area (Å²) in [4.78, 5) is 4.59. The summed E-state index contributed by atoms with van der Waals surface area (Å²) in [6, 6.07) is 28.2. The number of hydrogen-bond donors (Lipinski definition) is 1. The van der Waals surface area contributed by atoms with Crippen molar-refractivity contribution in [3.05, 3.63) is 101 Å². The van der Waals surface area contributed by atoms with Crippen LogP contribution in [0.1, 0.15) is 18.1 Å². The van der Waals surface area contributed by atoms with Crippen LogP contribution in [0.2, 0.25) is 0 Å². The quantitative estimate of drug-likeness (QED) is 0.296. The molecule has 29 heavy (non-hydrogen) atoms. The van der Waals surface area contributed by atoms with Crippen LogP contribution in [0.3, 0.4) is 0 Å². The third kappa shape index (κ3) is 5.09. The zero-order valence-corrected chi connectivity index (χ0v) is 16.9. The van der Waals surface area contributed by atoms with Gasteiger partial charge in [-0.1, -0.05) is 60.7 Å². The molecule has 0 spiro atoms. The Kier molecular flexibility index (Phi) is 5.98. The van der Waals surface area contributed by atoms with Gasteiger partial charge in [-0.05, 0) is 42.3 Å². The molecule has 5 heteroatoms. The summed E-state index contributed by atoms with van der Waals surface area (Å²) in [6.45, 7) is 2.53. The van der Waals surface area contributed by atoms with E-state index in [1.165, 1.54) is 11.3 Å². The maximum atomic E-state index is 5.84. The van der Waals surface area contributed by atoms with E-state index in [0.29, 0.717) is 6.61 Å². The Morgan fingerprint density at radius 3 is 2.34 bits per heavy atom. The number of rotatable bonds is 7. The molecule has 0 aliphatic heterocycles. The van der Waals surface area contributed by atoms with Crippen LogP contribution < -0.4 is 10.2 Å². The molecule has 0 bridgehead atoms. The fourth-order valence-corrected chi connectivity index (χ4v) is 3.46. The van der Waals surface area contributed by atoms with Crippen LogP contribution in [0, 0.1) is 0 Å². The molecule has 0 saturated heterocycles. The van der Waals surface area contributed by atoms with E-state index in [-0.39, 0.29) is 0 Å². The summed E-state index contributed by atoms with van der Waals surface area (Å²) in [5.41, 5.74) is 8.18. The van der Waals surface area contributed by atoms with Crippen molar-refractivity contribution in [2.75, 3.05) is 5.43 Å². The van der Waals surface area contributed by atoms with E-state index >= 15 is 0 Å². The van der Waals surface area contributed by atoms with Gasteiger partial charge >= 0.3 is 0 Å². The first-order chi connectivity index (χ1) is 14.3. The van der Waals surface area contributed by atoms with Gasteiger partial charge in [0.15, 0.2) is 0 Å². The molecule has 4 aromatic rings. The van der Waals surface area contributed by atoms with Gasteiger partial charge in [-0.3, -0.25) is 5.43 Å². The van der Waals surface area contributed by atoms with Gasteiger partial charge in [0.2, 0.25) is 5.13 Å². The molecule has 0 aliphatic rings. The Hall–Kier alpha value is -3.44. The Balaban J connectivity index is 1.36. The minimum Gasteiger partial charge on any atom is -0.489 e. The minimum atomic E-state index is 0.558. The lowest BCUT2D eigenvalue weighted by Crippen LogP contribution is -2.00. The Bertz CT molecular complexity index is 1070. The number of anilines is 1. The topological polar surface area (TPSA) is 46.5 Å². The van der Waals surface area contributed by atoms with Crippen molar-refractivity contribution in [1.29, 1.82) is 0 Å². The van der Waals surface area contributed by atoms with Crippen molar-refractivity contribution in [2.24, 2.45) is 5.10 Å². The molecular formula is C24H21N3OS. The molecule has 0 aliphatic carbocycles. The van der Waals surface area contributed by atoms with Crippen molar-refractivity contribution in [2.45, 2.75) is 13.5 Å². The molecule has 144 valence electrons. The third-order valence-corrected chi connectivity index (χ3v) is 5.16. The second-order valence-electron chi connectivity index (χ2n) is 6.51. The van der Waals surface area contributed by atoms with Gasteiger partial charge in [0.25, 0.3) is 0 Å². The fraction of sp³-hybridized carbons (Fsp3) is 0.0833. The smallest absolute Gasteiger partial charge is 0.203 e. The van der Waals surface area contributed by atoms with Crippen LogP contribution >= 0.6 is 11.3 Å². The van der Waals surface area contributed by atoms with Crippen molar-refractivity contribution in [1.82, 2.24) is 4.98 Å². The number of benzene rings is 3. The largest absolute Gasteiger partial charge is 0.489 e. The lowest BCUT2D eigenvalue weighted by Gasteiger charge is -2.07. The predicted molar refractivity (Wildman–Crippen MR) is 121 cm³/mol. The summed E-state index contributed by atoms with van der Waals surface area (Å²) in [7, 11) is 0. The molecule has 0 radical (unpaired) electrons. The third-order valence-electron chi connectivity index (χ3n) is 4.41. The lowest BCUT2D eigenvalue weighted by atomic mass is 10.1. The maximum Gasteiger partial charge on any atom is 0.203 e. The van der Waals surface area contributed by atoms with E-state index in [1.54, 1.807) is 0 Å². The van der Waals surface area contributed by atoms with Crippen LogP contribution in [-0.2, 0) is 6.61 Å².